The van der Waals surface area contributed by atoms with Crippen LogP contribution in [0, 0.1) is 0 Å². The minimum absolute atomic E-state index is 0.0867. The SMILES string of the molecule is Clc1nc(Cl)nc(NCc2cccs2)n1. The van der Waals surface area contributed by atoms with Gasteiger partial charge in [-0.1, -0.05) is 6.07 Å². The first-order valence-electron chi connectivity index (χ1n) is 4.07. The third-order valence-corrected chi connectivity index (χ3v) is 2.80. The third kappa shape index (κ3) is 3.02. The molecule has 0 saturated carbocycles. The van der Waals surface area contributed by atoms with Gasteiger partial charge in [-0.25, -0.2) is 0 Å². The summed E-state index contributed by atoms with van der Waals surface area (Å²) < 4.78 is 0. The lowest BCUT2D eigenvalue weighted by molar-refractivity contribution is 1.01. The second-order valence-corrected chi connectivity index (χ2v) is 4.34. The molecule has 0 spiro atoms. The molecule has 1 N–H and O–H groups in total. The van der Waals surface area contributed by atoms with Crippen LogP contribution in [0.4, 0.5) is 5.95 Å². The lowest BCUT2D eigenvalue weighted by Crippen LogP contribution is -2.03. The van der Waals surface area contributed by atoms with Crippen LogP contribution in [-0.4, -0.2) is 15.0 Å². The van der Waals surface area contributed by atoms with Gasteiger partial charge >= 0.3 is 0 Å². The molecule has 15 heavy (non-hydrogen) atoms. The molecule has 78 valence electrons. The Labute approximate surface area is 100 Å². The van der Waals surface area contributed by atoms with Gasteiger partial charge in [0, 0.05) is 4.88 Å². The van der Waals surface area contributed by atoms with E-state index in [9.17, 15) is 0 Å². The van der Waals surface area contributed by atoms with E-state index in [0.29, 0.717) is 12.5 Å². The normalized spacial score (nSPS) is 10.3. The Hall–Kier alpha value is -0.910. The Balaban J connectivity index is 2.05. The Morgan fingerprint density at radius 2 is 1.93 bits per heavy atom. The zero-order valence-corrected chi connectivity index (χ0v) is 9.77. The van der Waals surface area contributed by atoms with E-state index in [1.807, 2.05) is 17.5 Å². The molecule has 0 saturated heterocycles. The highest BCUT2D eigenvalue weighted by molar-refractivity contribution is 7.09. The summed E-state index contributed by atoms with van der Waals surface area (Å²) in [5.74, 6) is 0.383. The molecule has 0 aliphatic rings. The van der Waals surface area contributed by atoms with Gasteiger partial charge in [-0.3, -0.25) is 0 Å². The summed E-state index contributed by atoms with van der Waals surface area (Å²) in [7, 11) is 0. The summed E-state index contributed by atoms with van der Waals surface area (Å²) in [6.07, 6.45) is 0. The average Bonchev–Trinajstić information content (AvgIpc) is 2.65. The molecule has 2 aromatic rings. The van der Waals surface area contributed by atoms with Crippen molar-refractivity contribution in [1.29, 1.82) is 0 Å². The van der Waals surface area contributed by atoms with Crippen molar-refractivity contribution in [3.8, 4) is 0 Å². The first-order valence-corrected chi connectivity index (χ1v) is 5.71. The predicted molar refractivity (Wildman–Crippen MR) is 61.5 cm³/mol. The molecule has 0 aliphatic heterocycles. The van der Waals surface area contributed by atoms with Crippen LogP contribution in [0.15, 0.2) is 17.5 Å². The van der Waals surface area contributed by atoms with Gasteiger partial charge in [0.05, 0.1) is 6.54 Å². The van der Waals surface area contributed by atoms with Gasteiger partial charge in [-0.2, -0.15) is 15.0 Å². The van der Waals surface area contributed by atoms with E-state index in [-0.39, 0.29) is 10.6 Å². The standard InChI is InChI=1S/C8H6Cl2N4S/c9-6-12-7(10)14-8(13-6)11-4-5-2-1-3-15-5/h1-3H,4H2,(H,11,12,13,14). The molecule has 0 aromatic carbocycles. The minimum atomic E-state index is 0.0867. The Morgan fingerprint density at radius 1 is 1.20 bits per heavy atom. The number of nitrogens with zero attached hydrogens (tertiary/aromatic N) is 3. The number of nitrogens with one attached hydrogen (secondary N) is 1. The van der Waals surface area contributed by atoms with Crippen molar-refractivity contribution in [3.05, 3.63) is 33.0 Å². The van der Waals surface area contributed by atoms with E-state index in [0.717, 1.165) is 0 Å². The van der Waals surface area contributed by atoms with Gasteiger partial charge in [0.2, 0.25) is 16.5 Å². The van der Waals surface area contributed by atoms with Crippen molar-refractivity contribution in [1.82, 2.24) is 15.0 Å². The number of rotatable bonds is 3. The molecule has 0 atom stereocenters. The van der Waals surface area contributed by atoms with E-state index < -0.39 is 0 Å². The summed E-state index contributed by atoms with van der Waals surface area (Å²) in [5, 5.41) is 5.19. The molecule has 0 fully saturated rings. The summed E-state index contributed by atoms with van der Waals surface area (Å²) >= 11 is 12.9. The van der Waals surface area contributed by atoms with E-state index in [1.54, 1.807) is 11.3 Å². The number of halogens is 2. The van der Waals surface area contributed by atoms with Gasteiger partial charge in [-0.15, -0.1) is 11.3 Å². The van der Waals surface area contributed by atoms with Crippen molar-refractivity contribution in [2.75, 3.05) is 5.32 Å². The minimum Gasteiger partial charge on any atom is -0.349 e. The van der Waals surface area contributed by atoms with Gasteiger partial charge in [0.25, 0.3) is 0 Å². The highest BCUT2D eigenvalue weighted by atomic mass is 35.5. The van der Waals surface area contributed by atoms with Gasteiger partial charge < -0.3 is 5.32 Å². The van der Waals surface area contributed by atoms with Crippen LogP contribution < -0.4 is 5.32 Å². The summed E-state index contributed by atoms with van der Waals surface area (Å²) in [4.78, 5) is 12.6. The van der Waals surface area contributed by atoms with Crippen molar-refractivity contribution < 1.29 is 0 Å². The molecule has 2 rings (SSSR count). The van der Waals surface area contributed by atoms with Crippen LogP contribution in [0.2, 0.25) is 10.6 Å². The largest absolute Gasteiger partial charge is 0.349 e. The fraction of sp³-hybridized carbons (Fsp3) is 0.125. The first-order chi connectivity index (χ1) is 7.24. The molecule has 0 radical (unpaired) electrons. The van der Waals surface area contributed by atoms with Crippen LogP contribution in [-0.2, 0) is 6.54 Å². The highest BCUT2D eigenvalue weighted by Crippen LogP contribution is 2.13. The van der Waals surface area contributed by atoms with Crippen LogP contribution in [0.5, 0.6) is 0 Å². The fourth-order valence-corrected chi connectivity index (χ4v) is 1.99. The summed E-state index contributed by atoms with van der Waals surface area (Å²) in [5.41, 5.74) is 0. The maximum absolute atomic E-state index is 5.63. The van der Waals surface area contributed by atoms with Crippen molar-refractivity contribution >= 4 is 40.5 Å². The zero-order chi connectivity index (χ0) is 10.7. The quantitative estimate of drug-likeness (QED) is 0.922. The van der Waals surface area contributed by atoms with Crippen LogP contribution in [0.1, 0.15) is 4.88 Å². The Morgan fingerprint density at radius 3 is 2.53 bits per heavy atom. The summed E-state index contributed by atoms with van der Waals surface area (Å²) in [6, 6.07) is 4.00. The number of aromatic nitrogens is 3. The Kier molecular flexibility index (Phi) is 3.35. The lowest BCUT2D eigenvalue weighted by Gasteiger charge is -2.02. The summed E-state index contributed by atoms with van der Waals surface area (Å²) in [6.45, 7) is 0.647. The van der Waals surface area contributed by atoms with Gasteiger partial charge in [0.15, 0.2) is 0 Å². The molecular formula is C8H6Cl2N4S. The number of hydrogen-bond donors (Lipinski definition) is 1. The molecule has 0 aliphatic carbocycles. The number of hydrogen-bond acceptors (Lipinski definition) is 5. The van der Waals surface area contributed by atoms with Crippen molar-refractivity contribution in [2.45, 2.75) is 6.54 Å². The fourth-order valence-electron chi connectivity index (χ4n) is 0.984. The number of thiophene rings is 1. The number of anilines is 1. The van der Waals surface area contributed by atoms with Gasteiger partial charge in [-0.05, 0) is 34.6 Å². The smallest absolute Gasteiger partial charge is 0.228 e. The van der Waals surface area contributed by atoms with E-state index in [2.05, 4.69) is 20.3 Å². The van der Waals surface area contributed by atoms with Crippen LogP contribution in [0.3, 0.4) is 0 Å². The third-order valence-electron chi connectivity index (χ3n) is 1.58. The van der Waals surface area contributed by atoms with E-state index >= 15 is 0 Å². The molecule has 2 aromatic heterocycles. The second kappa shape index (κ2) is 4.74. The molecule has 7 heteroatoms. The predicted octanol–water partition coefficient (Wildman–Crippen LogP) is 2.85. The topological polar surface area (TPSA) is 50.7 Å². The molecular weight excluding hydrogens is 255 g/mol. The maximum atomic E-state index is 5.63. The zero-order valence-electron chi connectivity index (χ0n) is 7.44. The molecule has 4 nitrogen and oxygen atoms in total. The van der Waals surface area contributed by atoms with E-state index in [1.165, 1.54) is 4.88 Å². The second-order valence-electron chi connectivity index (χ2n) is 2.63. The van der Waals surface area contributed by atoms with E-state index in [4.69, 9.17) is 23.2 Å². The van der Waals surface area contributed by atoms with Gasteiger partial charge in [0.1, 0.15) is 0 Å². The molecule has 0 unspecified atom stereocenters. The average molecular weight is 261 g/mol. The van der Waals surface area contributed by atoms with Crippen LogP contribution >= 0.6 is 34.5 Å². The molecule has 0 bridgehead atoms. The van der Waals surface area contributed by atoms with Crippen molar-refractivity contribution in [3.63, 3.8) is 0 Å². The maximum Gasteiger partial charge on any atom is 0.228 e. The Bertz CT molecular complexity index is 426. The van der Waals surface area contributed by atoms with Crippen molar-refractivity contribution in [2.24, 2.45) is 0 Å². The monoisotopic (exact) mass is 260 g/mol. The highest BCUT2D eigenvalue weighted by Gasteiger charge is 2.02. The lowest BCUT2D eigenvalue weighted by atomic mass is 10.5. The molecule has 0 amide bonds. The first kappa shape index (κ1) is 10.6. The van der Waals surface area contributed by atoms with Crippen LogP contribution in [0.25, 0.3) is 0 Å². The molecule has 2 heterocycles.